The van der Waals surface area contributed by atoms with Gasteiger partial charge in [-0.2, -0.15) is 0 Å². The van der Waals surface area contributed by atoms with Gasteiger partial charge in [-0.3, -0.25) is 4.79 Å². The Morgan fingerprint density at radius 2 is 1.50 bits per heavy atom. The van der Waals surface area contributed by atoms with E-state index in [4.69, 9.17) is 9.47 Å². The number of benzene rings is 3. The zero-order valence-electron chi connectivity index (χ0n) is 24.8. The van der Waals surface area contributed by atoms with Gasteiger partial charge in [0.15, 0.2) is 5.12 Å². The molecular weight excluding hydrogens is 542 g/mol. The molecule has 0 radical (unpaired) electrons. The number of fused-ring (bicyclic) bond motifs is 3. The Hall–Kier alpha value is -3.09. The molecule has 0 spiro atoms. The zero-order chi connectivity index (χ0) is 29.3. The summed E-state index contributed by atoms with van der Waals surface area (Å²) < 4.78 is 12.2. The molecule has 3 atom stereocenters. The molecule has 1 N–H and O–H groups in total. The van der Waals surface area contributed by atoms with Crippen LogP contribution in [0.5, 0.6) is 0 Å². The lowest BCUT2D eigenvalue weighted by Gasteiger charge is -2.36. The minimum absolute atomic E-state index is 0.00167. The normalized spacial score (nSPS) is 21.6. The summed E-state index contributed by atoms with van der Waals surface area (Å²) >= 11 is 1.44. The molecule has 1 amide bonds. The van der Waals surface area contributed by atoms with Gasteiger partial charge in [-0.05, 0) is 47.1 Å². The Kier molecular flexibility index (Phi) is 8.21. The van der Waals surface area contributed by atoms with Gasteiger partial charge in [0.1, 0.15) is 12.7 Å². The number of carbonyl (C=O) groups excluding carboxylic acids is 2. The number of epoxide rings is 1. The van der Waals surface area contributed by atoms with E-state index in [9.17, 15) is 9.59 Å². The van der Waals surface area contributed by atoms with Crippen molar-refractivity contribution in [1.29, 1.82) is 0 Å². The van der Waals surface area contributed by atoms with E-state index < -0.39 is 11.5 Å². The highest BCUT2D eigenvalue weighted by atomic mass is 32.2. The number of thioether (sulfide) groups is 1. The highest BCUT2D eigenvalue weighted by molar-refractivity contribution is 8.14. The fraction of sp³-hybridized carbons (Fsp3) is 0.444. The van der Waals surface area contributed by atoms with Crippen molar-refractivity contribution in [2.75, 3.05) is 6.61 Å². The predicted octanol–water partition coefficient (Wildman–Crippen LogP) is 7.91. The van der Waals surface area contributed by atoms with E-state index >= 15 is 0 Å². The molecule has 6 rings (SSSR count). The van der Waals surface area contributed by atoms with Gasteiger partial charge in [0.2, 0.25) is 0 Å². The quantitative estimate of drug-likeness (QED) is 0.273. The van der Waals surface area contributed by atoms with Gasteiger partial charge >= 0.3 is 6.09 Å². The minimum atomic E-state index is -0.501. The van der Waals surface area contributed by atoms with Crippen LogP contribution >= 0.6 is 11.8 Å². The number of ether oxygens (including phenoxy) is 2. The maximum absolute atomic E-state index is 13.8. The molecule has 2 aliphatic carbocycles. The fourth-order valence-electron chi connectivity index (χ4n) is 6.95. The van der Waals surface area contributed by atoms with Gasteiger partial charge in [0.05, 0.1) is 17.6 Å². The molecular formula is C36H41NO4S. The van der Waals surface area contributed by atoms with Crippen molar-refractivity contribution >= 4 is 23.0 Å². The van der Waals surface area contributed by atoms with Crippen LogP contribution in [0.2, 0.25) is 0 Å². The molecule has 5 nitrogen and oxygen atoms in total. The summed E-state index contributed by atoms with van der Waals surface area (Å²) in [5.41, 5.74) is 5.39. The van der Waals surface area contributed by atoms with Crippen LogP contribution in [0.4, 0.5) is 4.79 Å². The van der Waals surface area contributed by atoms with Gasteiger partial charge in [0.25, 0.3) is 0 Å². The zero-order valence-corrected chi connectivity index (χ0v) is 25.6. The number of hydrogen-bond donors (Lipinski definition) is 1. The Morgan fingerprint density at radius 3 is 2.12 bits per heavy atom. The minimum Gasteiger partial charge on any atom is -0.449 e. The summed E-state index contributed by atoms with van der Waals surface area (Å²) in [6.07, 6.45) is 4.66. The third kappa shape index (κ3) is 6.02. The average molecular weight is 584 g/mol. The number of hydrogen-bond acceptors (Lipinski definition) is 5. The molecule has 1 heterocycles. The second-order valence-electron chi connectivity index (χ2n) is 13.0. The molecule has 3 aromatic carbocycles. The van der Waals surface area contributed by atoms with Crippen LogP contribution in [0.15, 0.2) is 78.9 Å². The Labute approximate surface area is 253 Å². The van der Waals surface area contributed by atoms with Crippen LogP contribution < -0.4 is 5.32 Å². The van der Waals surface area contributed by atoms with Crippen LogP contribution in [0.25, 0.3) is 11.1 Å². The van der Waals surface area contributed by atoms with Gasteiger partial charge in [-0.1, -0.05) is 131 Å². The molecule has 0 bridgehead atoms. The number of carbonyl (C=O) groups is 2. The average Bonchev–Trinajstić information content (AvgIpc) is 3.73. The Balaban J connectivity index is 1.18. The monoisotopic (exact) mass is 583 g/mol. The third-order valence-corrected chi connectivity index (χ3v) is 10.2. The van der Waals surface area contributed by atoms with Gasteiger partial charge in [0, 0.05) is 10.7 Å². The summed E-state index contributed by atoms with van der Waals surface area (Å²) in [5.74, 6) is -0.00167. The van der Waals surface area contributed by atoms with Gasteiger partial charge in [-0.15, -0.1) is 0 Å². The summed E-state index contributed by atoms with van der Waals surface area (Å²) in [5, 5.41) is 3.41. The van der Waals surface area contributed by atoms with E-state index in [0.717, 1.165) is 37.7 Å². The van der Waals surface area contributed by atoms with Crippen LogP contribution in [0, 0.1) is 5.41 Å². The topological polar surface area (TPSA) is 67.9 Å². The highest BCUT2D eigenvalue weighted by Gasteiger charge is 2.61. The summed E-state index contributed by atoms with van der Waals surface area (Å²) in [6, 6.07) is 26.6. The van der Waals surface area contributed by atoms with Gasteiger partial charge in [-0.25, -0.2) is 4.79 Å². The maximum atomic E-state index is 13.8. The van der Waals surface area contributed by atoms with Gasteiger partial charge < -0.3 is 14.8 Å². The molecule has 3 aliphatic rings. The molecule has 0 unspecified atom stereocenters. The Bertz CT molecular complexity index is 1380. The number of amides is 1. The van der Waals surface area contributed by atoms with E-state index in [0.29, 0.717) is 6.42 Å². The van der Waals surface area contributed by atoms with Crippen molar-refractivity contribution in [2.45, 2.75) is 88.2 Å². The smallest absolute Gasteiger partial charge is 0.407 e. The first kappa shape index (κ1) is 29.0. The molecule has 6 heteroatoms. The van der Waals surface area contributed by atoms with Crippen LogP contribution in [-0.2, 0) is 20.7 Å². The summed E-state index contributed by atoms with van der Waals surface area (Å²) in [7, 11) is 0. The lowest BCUT2D eigenvalue weighted by atomic mass is 9.71. The molecule has 2 fully saturated rings. The van der Waals surface area contributed by atoms with E-state index in [1.165, 1.54) is 34.0 Å². The SMILES string of the molecule is CC(C)(C)SC(=O)C1([C@H]2O[C@@H]2[C@H](Cc2ccccc2)NC(=O)OCC2c3ccccc3-c3ccccc32)CCCCC1. The van der Waals surface area contributed by atoms with Crippen LogP contribution in [-0.4, -0.2) is 40.8 Å². The molecule has 3 aromatic rings. The molecule has 0 aromatic heterocycles. The first-order chi connectivity index (χ1) is 20.2. The number of alkyl carbamates (subject to hydrolysis) is 1. The van der Waals surface area contributed by atoms with Crippen LogP contribution in [0.3, 0.4) is 0 Å². The second kappa shape index (κ2) is 11.9. The molecule has 1 saturated carbocycles. The standard InChI is InChI=1S/C36H41NO4S/c1-35(2,3)42-33(38)36(20-12-5-13-21-36)32-31(41-32)30(22-24-14-6-4-7-15-24)37-34(39)40-23-29-27-18-10-8-16-25(27)26-17-9-11-19-28(26)29/h4,6-11,14-19,29-32H,5,12-13,20-23H2,1-3H3,(H,37,39)/t30-,31+,32-/m0/s1. The Morgan fingerprint density at radius 1 is 0.905 bits per heavy atom. The first-order valence-corrected chi connectivity index (χ1v) is 16.1. The van der Waals surface area contributed by atoms with E-state index in [-0.39, 0.29) is 40.6 Å². The second-order valence-corrected chi connectivity index (χ2v) is 14.8. The van der Waals surface area contributed by atoms with E-state index in [1.807, 2.05) is 30.3 Å². The summed E-state index contributed by atoms with van der Waals surface area (Å²) in [4.78, 5) is 27.2. The van der Waals surface area contributed by atoms with Crippen molar-refractivity contribution < 1.29 is 19.1 Å². The highest BCUT2D eigenvalue weighted by Crippen LogP contribution is 2.53. The summed E-state index contributed by atoms with van der Waals surface area (Å²) in [6.45, 7) is 6.54. The van der Waals surface area contributed by atoms with E-state index in [1.54, 1.807) is 0 Å². The number of rotatable bonds is 8. The fourth-order valence-corrected chi connectivity index (χ4v) is 8.03. The number of nitrogens with one attached hydrogen (secondary N) is 1. The van der Waals surface area contributed by atoms with Crippen molar-refractivity contribution in [1.82, 2.24) is 5.32 Å². The lowest BCUT2D eigenvalue weighted by molar-refractivity contribution is -0.122. The largest absolute Gasteiger partial charge is 0.449 e. The third-order valence-electron chi connectivity index (χ3n) is 8.96. The van der Waals surface area contributed by atoms with Crippen molar-refractivity contribution in [3.8, 4) is 11.1 Å². The van der Waals surface area contributed by atoms with Crippen molar-refractivity contribution in [3.63, 3.8) is 0 Å². The molecule has 1 saturated heterocycles. The predicted molar refractivity (Wildman–Crippen MR) is 169 cm³/mol. The lowest BCUT2D eigenvalue weighted by Crippen LogP contribution is -2.46. The molecule has 1 aliphatic heterocycles. The van der Waals surface area contributed by atoms with Crippen molar-refractivity contribution in [2.24, 2.45) is 5.41 Å². The van der Waals surface area contributed by atoms with E-state index in [2.05, 4.69) is 74.6 Å². The molecule has 220 valence electrons. The van der Waals surface area contributed by atoms with Crippen molar-refractivity contribution in [3.05, 3.63) is 95.6 Å². The molecule has 42 heavy (non-hydrogen) atoms. The maximum Gasteiger partial charge on any atom is 0.407 e. The first-order valence-electron chi connectivity index (χ1n) is 15.3. The van der Waals surface area contributed by atoms with Crippen LogP contribution in [0.1, 0.15) is 75.5 Å².